The fraction of sp³-hybridized carbons (Fsp3) is 0.179. The van der Waals surface area contributed by atoms with Crippen molar-refractivity contribution in [2.75, 3.05) is 18.5 Å². The van der Waals surface area contributed by atoms with E-state index in [4.69, 9.17) is 25.8 Å². The van der Waals surface area contributed by atoms with E-state index in [0.717, 1.165) is 16.9 Å². The van der Waals surface area contributed by atoms with Crippen molar-refractivity contribution < 1.29 is 32.2 Å². The maximum absolute atomic E-state index is 14.5. The highest BCUT2D eigenvalue weighted by Gasteiger charge is 2.60. The molecule has 0 saturated carbocycles. The van der Waals surface area contributed by atoms with Crippen molar-refractivity contribution in [1.29, 1.82) is 0 Å². The lowest BCUT2D eigenvalue weighted by atomic mass is 9.91. The molecule has 0 spiro atoms. The molecule has 212 valence electrons. The van der Waals surface area contributed by atoms with Crippen molar-refractivity contribution in [3.63, 3.8) is 0 Å². The van der Waals surface area contributed by atoms with Crippen molar-refractivity contribution in [3.05, 3.63) is 99.0 Å². The summed E-state index contributed by atoms with van der Waals surface area (Å²) >= 11 is 7.52. The molecule has 1 aliphatic heterocycles. The second-order valence-corrected chi connectivity index (χ2v) is 12.1. The van der Waals surface area contributed by atoms with Crippen LogP contribution in [0, 0.1) is 6.92 Å². The van der Waals surface area contributed by atoms with Crippen LogP contribution in [0.1, 0.15) is 21.6 Å². The van der Waals surface area contributed by atoms with Crippen LogP contribution in [0.5, 0.6) is 11.5 Å². The van der Waals surface area contributed by atoms with Crippen molar-refractivity contribution in [2.24, 2.45) is 0 Å². The summed E-state index contributed by atoms with van der Waals surface area (Å²) in [7, 11) is -1.86. The van der Waals surface area contributed by atoms with Crippen LogP contribution < -0.4 is 19.1 Å². The van der Waals surface area contributed by atoms with E-state index in [1.54, 1.807) is 42.9 Å². The number of aryl methyl sites for hydroxylation is 1. The van der Waals surface area contributed by atoms with Gasteiger partial charge in [0.05, 0.1) is 24.8 Å². The first kappa shape index (κ1) is 28.4. The van der Waals surface area contributed by atoms with Crippen LogP contribution in [-0.2, 0) is 31.7 Å². The number of nitrogens with zero attached hydrogens (tertiary/aromatic N) is 2. The second kappa shape index (κ2) is 11.0. The van der Waals surface area contributed by atoms with Gasteiger partial charge in [0.25, 0.3) is 21.5 Å². The molecule has 2 amide bonds. The van der Waals surface area contributed by atoms with E-state index < -0.39 is 27.6 Å². The van der Waals surface area contributed by atoms with Crippen molar-refractivity contribution in [1.82, 2.24) is 10.3 Å². The summed E-state index contributed by atoms with van der Waals surface area (Å²) in [6.07, 6.45) is 2.22. The fourth-order valence-corrected chi connectivity index (χ4v) is 7.45. The third-order valence-corrected chi connectivity index (χ3v) is 9.63. The molecule has 2 aromatic heterocycles. The second-order valence-electron chi connectivity index (χ2n) is 8.97. The molecule has 1 atom stereocenters. The Morgan fingerprint density at radius 3 is 2.49 bits per heavy atom. The normalized spacial score (nSPS) is 16.3. The molecule has 2 aromatic carbocycles. The van der Waals surface area contributed by atoms with Crippen LogP contribution in [0.15, 0.2) is 77.3 Å². The van der Waals surface area contributed by atoms with Crippen LogP contribution in [0.25, 0.3) is 0 Å². The number of nitrogens with one attached hydrogen (secondary N) is 1. The standard InChI is InChI=1S/C28H24ClN3O7S2/c1-17-10-13-40-25(17)28(39-27(34)31-16-18-8-11-30-12-9-18)21-14-19(29)4-6-22(21)32(26(28)33)41(35,36)24-7-5-20(37-2)15-23(24)38-3/h4-15H,16H2,1-3H3,(H,31,34). The molecule has 5 rings (SSSR count). The van der Waals surface area contributed by atoms with Crippen LogP contribution in [-0.4, -0.2) is 39.6 Å². The van der Waals surface area contributed by atoms with E-state index in [2.05, 4.69) is 10.3 Å². The minimum Gasteiger partial charge on any atom is -0.497 e. The summed E-state index contributed by atoms with van der Waals surface area (Å²) in [5, 5.41) is 4.59. The SMILES string of the molecule is COc1ccc(S(=O)(=O)N2C(=O)C(OC(=O)NCc3ccncc3)(c3sccc3C)c3cc(Cl)ccc32)c(OC)c1. The zero-order valence-electron chi connectivity index (χ0n) is 22.1. The number of halogens is 1. The summed E-state index contributed by atoms with van der Waals surface area (Å²) < 4.78 is 45.6. The monoisotopic (exact) mass is 613 g/mol. The number of anilines is 1. The lowest BCUT2D eigenvalue weighted by Crippen LogP contribution is -2.48. The number of amides is 2. The molecule has 0 fully saturated rings. The zero-order chi connectivity index (χ0) is 29.4. The summed E-state index contributed by atoms with van der Waals surface area (Å²) in [5.74, 6) is -0.677. The number of ether oxygens (including phenoxy) is 3. The number of aromatic nitrogens is 1. The predicted octanol–water partition coefficient (Wildman–Crippen LogP) is 5.03. The molecule has 13 heteroatoms. The van der Waals surface area contributed by atoms with Gasteiger partial charge >= 0.3 is 6.09 Å². The lowest BCUT2D eigenvalue weighted by molar-refractivity contribution is -0.131. The molecule has 0 bridgehead atoms. The minimum atomic E-state index is -4.60. The summed E-state index contributed by atoms with van der Waals surface area (Å²) in [6, 6.07) is 13.6. The molecule has 1 N–H and O–H groups in total. The largest absolute Gasteiger partial charge is 0.497 e. The number of hydrogen-bond acceptors (Lipinski definition) is 9. The van der Waals surface area contributed by atoms with Gasteiger partial charge in [0.15, 0.2) is 0 Å². The molecule has 4 aromatic rings. The maximum atomic E-state index is 14.5. The number of benzene rings is 2. The van der Waals surface area contributed by atoms with Gasteiger partial charge in [-0.25, -0.2) is 13.2 Å². The van der Waals surface area contributed by atoms with Gasteiger partial charge in [0.2, 0.25) is 0 Å². The highest BCUT2D eigenvalue weighted by molar-refractivity contribution is 7.93. The van der Waals surface area contributed by atoms with Crippen LogP contribution in [0.3, 0.4) is 0 Å². The molecule has 0 aliphatic carbocycles. The number of methoxy groups -OCH3 is 2. The molecule has 10 nitrogen and oxygen atoms in total. The number of rotatable bonds is 8. The molecular weight excluding hydrogens is 590 g/mol. The van der Waals surface area contributed by atoms with E-state index in [1.807, 2.05) is 0 Å². The van der Waals surface area contributed by atoms with Gasteiger partial charge < -0.3 is 19.5 Å². The molecule has 1 aliphatic rings. The van der Waals surface area contributed by atoms with Gasteiger partial charge in [0, 0.05) is 35.6 Å². The number of fused-ring (bicyclic) bond motifs is 1. The van der Waals surface area contributed by atoms with E-state index in [-0.39, 0.29) is 33.5 Å². The Bertz CT molecular complexity index is 1740. The van der Waals surface area contributed by atoms with Gasteiger partial charge in [-0.3, -0.25) is 9.78 Å². The number of carbonyl (C=O) groups is 2. The predicted molar refractivity (Wildman–Crippen MR) is 153 cm³/mol. The van der Waals surface area contributed by atoms with Gasteiger partial charge in [-0.1, -0.05) is 11.6 Å². The number of pyridine rings is 1. The first-order chi connectivity index (χ1) is 19.6. The van der Waals surface area contributed by atoms with Crippen molar-refractivity contribution in [3.8, 4) is 11.5 Å². The first-order valence-corrected chi connectivity index (χ1v) is 14.9. The zero-order valence-corrected chi connectivity index (χ0v) is 24.5. The molecule has 0 saturated heterocycles. The van der Waals surface area contributed by atoms with E-state index in [0.29, 0.717) is 20.5 Å². The summed E-state index contributed by atoms with van der Waals surface area (Å²) in [6.45, 7) is 1.83. The van der Waals surface area contributed by atoms with Gasteiger partial charge in [-0.05, 0) is 72.0 Å². The first-order valence-electron chi connectivity index (χ1n) is 12.2. The van der Waals surface area contributed by atoms with Gasteiger partial charge in [0.1, 0.15) is 16.4 Å². The topological polar surface area (TPSA) is 124 Å². The minimum absolute atomic E-state index is 0.00740. The summed E-state index contributed by atoms with van der Waals surface area (Å²) in [5.41, 5.74) is -0.677. The number of hydrogen-bond donors (Lipinski definition) is 1. The average molecular weight is 614 g/mol. The molecule has 1 unspecified atom stereocenters. The van der Waals surface area contributed by atoms with Crippen molar-refractivity contribution in [2.45, 2.75) is 24.0 Å². The Hall–Kier alpha value is -4.13. The Labute approximate surface area is 245 Å². The third kappa shape index (κ3) is 4.88. The smallest absolute Gasteiger partial charge is 0.409 e. The maximum Gasteiger partial charge on any atom is 0.409 e. The third-order valence-electron chi connectivity index (χ3n) is 6.55. The Morgan fingerprint density at radius 2 is 1.83 bits per heavy atom. The highest BCUT2D eigenvalue weighted by atomic mass is 35.5. The van der Waals surface area contributed by atoms with E-state index >= 15 is 0 Å². The van der Waals surface area contributed by atoms with Crippen LogP contribution >= 0.6 is 22.9 Å². The van der Waals surface area contributed by atoms with Crippen LogP contribution in [0.2, 0.25) is 5.02 Å². The number of thiophene rings is 1. The van der Waals surface area contributed by atoms with E-state index in [9.17, 15) is 18.0 Å². The molecule has 0 radical (unpaired) electrons. The van der Waals surface area contributed by atoms with E-state index in [1.165, 1.54) is 50.6 Å². The average Bonchev–Trinajstić information content (AvgIpc) is 3.51. The molecule has 3 heterocycles. The van der Waals surface area contributed by atoms with Gasteiger partial charge in [-0.15, -0.1) is 11.3 Å². The summed E-state index contributed by atoms with van der Waals surface area (Å²) in [4.78, 5) is 31.8. The number of alkyl carbamates (subject to hydrolysis) is 1. The number of carbonyl (C=O) groups excluding carboxylic acids is 2. The van der Waals surface area contributed by atoms with Crippen molar-refractivity contribution >= 4 is 50.6 Å². The van der Waals surface area contributed by atoms with Gasteiger partial charge in [-0.2, -0.15) is 4.31 Å². The Balaban J connectivity index is 1.66. The number of sulfonamides is 1. The quantitative estimate of drug-likeness (QED) is 0.294. The fourth-order valence-electron chi connectivity index (χ4n) is 4.61. The van der Waals surface area contributed by atoms with Crippen LogP contribution in [0.4, 0.5) is 10.5 Å². The highest BCUT2D eigenvalue weighted by Crippen LogP contribution is 2.52. The Kier molecular flexibility index (Phi) is 7.64. The lowest BCUT2D eigenvalue weighted by Gasteiger charge is -2.28. The molecular formula is C28H24ClN3O7S2. The Morgan fingerprint density at radius 1 is 1.07 bits per heavy atom. The molecule has 41 heavy (non-hydrogen) atoms.